The van der Waals surface area contributed by atoms with Gasteiger partial charge >= 0.3 is 0 Å². The van der Waals surface area contributed by atoms with Crippen LogP contribution in [0.1, 0.15) is 11.1 Å². The predicted octanol–water partition coefficient (Wildman–Crippen LogP) is 7.27. The molecule has 28 heavy (non-hydrogen) atoms. The van der Waals surface area contributed by atoms with Crippen LogP contribution in [0.15, 0.2) is 91.0 Å². The summed E-state index contributed by atoms with van der Waals surface area (Å²) in [6.45, 7) is 0. The zero-order valence-corrected chi connectivity index (χ0v) is 15.3. The molecule has 6 rings (SSSR count). The van der Waals surface area contributed by atoms with E-state index in [2.05, 4.69) is 113 Å². The Morgan fingerprint density at radius 3 is 2.21 bits per heavy atom. The number of nitrogens with zero attached hydrogens (tertiary/aromatic N) is 1. The van der Waals surface area contributed by atoms with Crippen LogP contribution >= 0.6 is 0 Å². The van der Waals surface area contributed by atoms with Crippen LogP contribution in [0, 0.1) is 0 Å². The highest BCUT2D eigenvalue weighted by Gasteiger charge is 2.21. The molecule has 0 aliphatic carbocycles. The lowest BCUT2D eigenvalue weighted by molar-refractivity contribution is 1.28. The lowest BCUT2D eigenvalue weighted by Gasteiger charge is -2.27. The Balaban J connectivity index is 1.71. The molecule has 0 amide bonds. The first-order valence-corrected chi connectivity index (χ1v) is 9.55. The van der Waals surface area contributed by atoms with Gasteiger partial charge in [-0.25, -0.2) is 0 Å². The minimum atomic E-state index is 1.17. The Kier molecular flexibility index (Phi) is 3.20. The maximum Gasteiger partial charge on any atom is 0.0541 e. The van der Waals surface area contributed by atoms with E-state index in [1.165, 1.54) is 50.0 Å². The molecule has 0 saturated carbocycles. The summed E-state index contributed by atoms with van der Waals surface area (Å²) >= 11 is 0. The molecule has 0 fully saturated rings. The molecule has 1 aliphatic rings. The Labute approximate surface area is 163 Å². The fraction of sp³-hybridized carbons (Fsp3) is 0. The van der Waals surface area contributed by atoms with Gasteiger partial charge in [-0.15, -0.1) is 0 Å². The molecule has 5 aromatic rings. The first-order chi connectivity index (χ1) is 13.9. The van der Waals surface area contributed by atoms with Crippen LogP contribution in [0.4, 0.5) is 17.1 Å². The van der Waals surface area contributed by atoms with Gasteiger partial charge in [-0.2, -0.15) is 0 Å². The van der Waals surface area contributed by atoms with Gasteiger partial charge in [0.1, 0.15) is 0 Å². The zero-order valence-electron chi connectivity index (χ0n) is 15.3. The molecule has 4 aromatic carbocycles. The second kappa shape index (κ2) is 5.86. The third-order valence-corrected chi connectivity index (χ3v) is 5.53. The van der Waals surface area contributed by atoms with Crippen molar-refractivity contribution in [3.05, 3.63) is 102 Å². The van der Waals surface area contributed by atoms with Crippen LogP contribution in [0.25, 0.3) is 34.0 Å². The molecule has 2 nitrogen and oxygen atoms in total. The smallest absolute Gasteiger partial charge is 0.0541 e. The third kappa shape index (κ3) is 2.21. The van der Waals surface area contributed by atoms with Gasteiger partial charge in [0.05, 0.1) is 11.4 Å². The van der Waals surface area contributed by atoms with Gasteiger partial charge in [0.25, 0.3) is 0 Å². The van der Waals surface area contributed by atoms with Crippen LogP contribution in [-0.4, -0.2) is 4.98 Å². The summed E-state index contributed by atoms with van der Waals surface area (Å²) < 4.78 is 0. The Bertz CT molecular complexity index is 1360. The number of aromatic amines is 1. The number of nitrogens with one attached hydrogen (secondary N) is 1. The molecular weight excluding hydrogens is 340 g/mol. The monoisotopic (exact) mass is 358 g/mol. The van der Waals surface area contributed by atoms with E-state index in [-0.39, 0.29) is 0 Å². The van der Waals surface area contributed by atoms with Crippen LogP contribution in [0.5, 0.6) is 0 Å². The average Bonchev–Trinajstić information content (AvgIpc) is 3.02. The van der Waals surface area contributed by atoms with E-state index in [0.29, 0.717) is 0 Å². The Hall–Kier alpha value is -3.78. The zero-order chi connectivity index (χ0) is 18.5. The second-order valence-corrected chi connectivity index (χ2v) is 7.19. The lowest BCUT2D eigenvalue weighted by Crippen LogP contribution is -2.11. The molecular formula is C26H18N2. The van der Waals surface area contributed by atoms with E-state index in [1.54, 1.807) is 0 Å². The van der Waals surface area contributed by atoms with E-state index >= 15 is 0 Å². The fourth-order valence-corrected chi connectivity index (χ4v) is 4.23. The fourth-order valence-electron chi connectivity index (χ4n) is 4.23. The van der Waals surface area contributed by atoms with Crippen molar-refractivity contribution in [3.8, 4) is 0 Å². The number of fused-ring (bicyclic) bond motifs is 5. The van der Waals surface area contributed by atoms with Crippen LogP contribution < -0.4 is 4.90 Å². The van der Waals surface area contributed by atoms with Crippen molar-refractivity contribution < 1.29 is 0 Å². The molecule has 1 aliphatic heterocycles. The van der Waals surface area contributed by atoms with Gasteiger partial charge in [0.15, 0.2) is 0 Å². The maximum atomic E-state index is 3.57. The molecule has 2 heterocycles. The molecule has 0 atom stereocenters. The number of aromatic nitrogens is 1. The number of para-hydroxylation sites is 3. The number of anilines is 3. The first kappa shape index (κ1) is 15.3. The second-order valence-electron chi connectivity index (χ2n) is 7.19. The van der Waals surface area contributed by atoms with Gasteiger partial charge < -0.3 is 9.88 Å². The first-order valence-electron chi connectivity index (χ1n) is 9.55. The maximum absolute atomic E-state index is 3.57. The molecule has 1 aromatic heterocycles. The third-order valence-electron chi connectivity index (χ3n) is 5.53. The van der Waals surface area contributed by atoms with E-state index in [4.69, 9.17) is 0 Å². The van der Waals surface area contributed by atoms with E-state index in [9.17, 15) is 0 Å². The molecule has 0 saturated heterocycles. The summed E-state index contributed by atoms with van der Waals surface area (Å²) in [5.41, 5.74) is 8.33. The van der Waals surface area contributed by atoms with Crippen molar-refractivity contribution in [1.29, 1.82) is 0 Å². The normalized spacial score (nSPS) is 12.8. The SMILES string of the molecule is C1=Cc2cc3[nH]c4ccccc4c3cc2N(c2ccccc2)c2ccccc21. The van der Waals surface area contributed by atoms with Gasteiger partial charge in [-0.05, 0) is 42.0 Å². The summed E-state index contributed by atoms with van der Waals surface area (Å²) in [7, 11) is 0. The van der Waals surface area contributed by atoms with Gasteiger partial charge in [-0.1, -0.05) is 66.7 Å². The number of hydrogen-bond acceptors (Lipinski definition) is 1. The lowest BCUT2D eigenvalue weighted by atomic mass is 10.1. The Morgan fingerprint density at radius 1 is 0.536 bits per heavy atom. The highest BCUT2D eigenvalue weighted by atomic mass is 15.1. The summed E-state index contributed by atoms with van der Waals surface area (Å²) in [5, 5.41) is 2.51. The standard InChI is InChI=1S/C26H18N2/c1-2-9-20(10-3-1)28-25-13-7-4-8-18(25)14-15-19-16-24-22(17-26(19)28)21-11-5-6-12-23(21)27-24/h1-17,27H. The van der Waals surface area contributed by atoms with Crippen molar-refractivity contribution in [3.63, 3.8) is 0 Å². The van der Waals surface area contributed by atoms with Crippen molar-refractivity contribution in [2.24, 2.45) is 0 Å². The van der Waals surface area contributed by atoms with Gasteiger partial charge in [0, 0.05) is 33.1 Å². The van der Waals surface area contributed by atoms with Crippen LogP contribution in [-0.2, 0) is 0 Å². The minimum absolute atomic E-state index is 1.17. The van der Waals surface area contributed by atoms with Crippen molar-refractivity contribution in [1.82, 2.24) is 4.98 Å². The van der Waals surface area contributed by atoms with Crippen molar-refractivity contribution in [2.75, 3.05) is 4.90 Å². The molecule has 132 valence electrons. The summed E-state index contributed by atoms with van der Waals surface area (Å²) in [5.74, 6) is 0. The van der Waals surface area contributed by atoms with Crippen LogP contribution in [0.3, 0.4) is 0 Å². The highest BCUT2D eigenvalue weighted by Crippen LogP contribution is 2.44. The topological polar surface area (TPSA) is 19.0 Å². The summed E-state index contributed by atoms with van der Waals surface area (Å²) in [4.78, 5) is 5.94. The number of hydrogen-bond donors (Lipinski definition) is 1. The van der Waals surface area contributed by atoms with Crippen LogP contribution in [0.2, 0.25) is 0 Å². The molecule has 0 spiro atoms. The van der Waals surface area contributed by atoms with E-state index in [1.807, 2.05) is 0 Å². The quantitative estimate of drug-likeness (QED) is 0.327. The number of benzene rings is 4. The van der Waals surface area contributed by atoms with E-state index in [0.717, 1.165) is 0 Å². The van der Waals surface area contributed by atoms with Crippen molar-refractivity contribution in [2.45, 2.75) is 0 Å². The predicted molar refractivity (Wildman–Crippen MR) is 119 cm³/mol. The van der Waals surface area contributed by atoms with E-state index < -0.39 is 0 Å². The summed E-state index contributed by atoms with van der Waals surface area (Å²) in [6, 6.07) is 32.3. The molecule has 2 heteroatoms. The highest BCUT2D eigenvalue weighted by molar-refractivity contribution is 6.10. The Morgan fingerprint density at radius 2 is 1.29 bits per heavy atom. The largest absolute Gasteiger partial charge is 0.354 e. The van der Waals surface area contributed by atoms with Gasteiger partial charge in [-0.3, -0.25) is 0 Å². The molecule has 0 bridgehead atoms. The molecule has 0 unspecified atom stereocenters. The summed E-state index contributed by atoms with van der Waals surface area (Å²) in [6.07, 6.45) is 4.44. The number of rotatable bonds is 1. The van der Waals surface area contributed by atoms with Crippen molar-refractivity contribution >= 4 is 51.0 Å². The average molecular weight is 358 g/mol. The molecule has 0 radical (unpaired) electrons. The minimum Gasteiger partial charge on any atom is -0.354 e. The molecule has 1 N–H and O–H groups in total. The number of H-pyrrole nitrogens is 1. The van der Waals surface area contributed by atoms with Gasteiger partial charge in [0.2, 0.25) is 0 Å².